The predicted molar refractivity (Wildman–Crippen MR) is 129 cm³/mol. The third-order valence-electron chi connectivity index (χ3n) is 7.62. The number of halogens is 1. The minimum Gasteiger partial charge on any atom is -0.353 e. The maximum Gasteiger partial charge on any atom is 0.224 e. The van der Waals surface area contributed by atoms with Crippen molar-refractivity contribution in [1.29, 1.82) is 0 Å². The lowest BCUT2D eigenvalue weighted by molar-refractivity contribution is -0.124. The number of nitrogens with one attached hydrogen (secondary N) is 1. The molecule has 8 heteroatoms. The molecule has 4 aliphatic rings. The third-order valence-corrected chi connectivity index (χ3v) is 9.19. The standard InChI is InChI=1S/C25H24ClN5OS/c1-12-9-18(12)27-22(32)14-10-16-19(11-14)33-23-20(16)21(15-5-3-4-6-17(15)26)28-25(7-8-25)24-30-29-13(2)31(23)24/h3-6,12,14,18H,7-11H2,1-2H3,(H,27,32)/t12-,14+,18-/m1/s1. The number of aliphatic imine (C=N–C) groups is 1. The number of aromatic nitrogens is 3. The zero-order valence-electron chi connectivity index (χ0n) is 18.6. The van der Waals surface area contributed by atoms with Gasteiger partial charge in [0.05, 0.1) is 5.71 Å². The Balaban J connectivity index is 1.39. The minimum absolute atomic E-state index is 0.0172. The molecule has 168 valence electrons. The molecule has 2 fully saturated rings. The van der Waals surface area contributed by atoms with Crippen molar-refractivity contribution in [3.63, 3.8) is 0 Å². The van der Waals surface area contributed by atoms with Crippen LogP contribution in [-0.2, 0) is 23.2 Å². The van der Waals surface area contributed by atoms with E-state index < -0.39 is 0 Å². The van der Waals surface area contributed by atoms with Gasteiger partial charge in [-0.15, -0.1) is 21.5 Å². The van der Waals surface area contributed by atoms with Gasteiger partial charge < -0.3 is 5.32 Å². The number of benzene rings is 1. The van der Waals surface area contributed by atoms with E-state index in [1.165, 1.54) is 10.4 Å². The Morgan fingerprint density at radius 2 is 2.03 bits per heavy atom. The summed E-state index contributed by atoms with van der Waals surface area (Å²) in [4.78, 5) is 19.6. The number of fused-ring (bicyclic) bond motifs is 6. The number of rotatable bonds is 3. The Morgan fingerprint density at radius 3 is 2.76 bits per heavy atom. The number of carbonyl (C=O) groups excluding carboxylic acids is 1. The molecule has 3 heterocycles. The third kappa shape index (κ3) is 2.91. The van der Waals surface area contributed by atoms with Gasteiger partial charge in [0.2, 0.25) is 5.91 Å². The van der Waals surface area contributed by atoms with Crippen molar-refractivity contribution in [3.05, 3.63) is 62.5 Å². The number of hydrogen-bond acceptors (Lipinski definition) is 5. The van der Waals surface area contributed by atoms with Crippen LogP contribution in [0.3, 0.4) is 0 Å². The average molecular weight is 478 g/mol. The number of thiophene rings is 1. The zero-order chi connectivity index (χ0) is 22.5. The van der Waals surface area contributed by atoms with Crippen molar-refractivity contribution in [2.45, 2.75) is 57.5 Å². The molecule has 2 saturated carbocycles. The number of carbonyl (C=O) groups is 1. The van der Waals surface area contributed by atoms with Crippen LogP contribution in [-0.4, -0.2) is 32.4 Å². The van der Waals surface area contributed by atoms with Crippen LogP contribution < -0.4 is 5.32 Å². The highest BCUT2D eigenvalue weighted by Gasteiger charge is 2.52. The van der Waals surface area contributed by atoms with Gasteiger partial charge in [-0.05, 0) is 56.6 Å². The molecule has 1 aliphatic heterocycles. The summed E-state index contributed by atoms with van der Waals surface area (Å²) >= 11 is 8.47. The van der Waals surface area contributed by atoms with E-state index in [1.807, 2.05) is 25.1 Å². The summed E-state index contributed by atoms with van der Waals surface area (Å²) in [6.45, 7) is 4.20. The number of amides is 1. The first kappa shape index (κ1) is 19.9. The van der Waals surface area contributed by atoms with Crippen molar-refractivity contribution >= 4 is 34.6 Å². The molecule has 0 radical (unpaired) electrons. The van der Waals surface area contributed by atoms with Gasteiger partial charge in [-0.2, -0.15) is 0 Å². The molecular formula is C25H24ClN5OS. The van der Waals surface area contributed by atoms with Crippen LogP contribution in [0.2, 0.25) is 5.02 Å². The number of aryl methyl sites for hydroxylation is 1. The summed E-state index contributed by atoms with van der Waals surface area (Å²) in [5.74, 6) is 2.58. The molecule has 3 atom stereocenters. The fourth-order valence-electron chi connectivity index (χ4n) is 5.36. The molecule has 1 spiro atoms. The molecule has 33 heavy (non-hydrogen) atoms. The van der Waals surface area contributed by atoms with Crippen LogP contribution in [0, 0.1) is 18.8 Å². The van der Waals surface area contributed by atoms with Gasteiger partial charge in [0.25, 0.3) is 0 Å². The van der Waals surface area contributed by atoms with E-state index >= 15 is 0 Å². The molecule has 6 nitrogen and oxygen atoms in total. The van der Waals surface area contributed by atoms with E-state index in [9.17, 15) is 4.79 Å². The van der Waals surface area contributed by atoms with Crippen molar-refractivity contribution < 1.29 is 4.79 Å². The van der Waals surface area contributed by atoms with Gasteiger partial charge in [0.15, 0.2) is 5.82 Å². The normalized spacial score (nSPS) is 25.7. The van der Waals surface area contributed by atoms with Crippen LogP contribution in [0.4, 0.5) is 0 Å². The Kier molecular flexibility index (Phi) is 4.08. The SMILES string of the molecule is Cc1nnc2n1-c1sc3c(c1C(c1ccccc1Cl)=NC21CC1)C[C@H](C(=O)N[C@@H]1C[C@H]1C)C3. The monoisotopic (exact) mass is 477 g/mol. The Hall–Kier alpha value is -2.51. The molecule has 3 aromatic rings. The van der Waals surface area contributed by atoms with E-state index in [1.54, 1.807) is 11.3 Å². The molecule has 0 saturated heterocycles. The molecule has 1 aromatic carbocycles. The van der Waals surface area contributed by atoms with Gasteiger partial charge in [0.1, 0.15) is 16.4 Å². The number of hydrogen-bond donors (Lipinski definition) is 1. The smallest absolute Gasteiger partial charge is 0.224 e. The maximum absolute atomic E-state index is 13.0. The van der Waals surface area contributed by atoms with Crippen LogP contribution >= 0.6 is 22.9 Å². The Bertz CT molecular complexity index is 1370. The topological polar surface area (TPSA) is 72.2 Å². The molecule has 3 aliphatic carbocycles. The molecular weight excluding hydrogens is 454 g/mol. The minimum atomic E-state index is -0.334. The molecule has 0 unspecified atom stereocenters. The summed E-state index contributed by atoms with van der Waals surface area (Å²) in [5, 5.41) is 14.1. The van der Waals surface area contributed by atoms with Crippen molar-refractivity contribution in [3.8, 4) is 5.00 Å². The molecule has 7 rings (SSSR count). The summed E-state index contributed by atoms with van der Waals surface area (Å²) < 4.78 is 2.21. The van der Waals surface area contributed by atoms with E-state index in [4.69, 9.17) is 16.6 Å². The van der Waals surface area contributed by atoms with E-state index in [-0.39, 0.29) is 17.4 Å². The van der Waals surface area contributed by atoms with Crippen molar-refractivity contribution in [2.24, 2.45) is 16.8 Å². The lowest BCUT2D eigenvalue weighted by Crippen LogP contribution is -2.33. The van der Waals surface area contributed by atoms with Crippen molar-refractivity contribution in [2.75, 3.05) is 0 Å². The van der Waals surface area contributed by atoms with Crippen LogP contribution in [0.5, 0.6) is 0 Å². The number of nitrogens with zero attached hydrogens (tertiary/aromatic N) is 4. The first-order valence-electron chi connectivity index (χ1n) is 11.7. The van der Waals surface area contributed by atoms with Gasteiger partial charge in [-0.1, -0.05) is 36.7 Å². The highest BCUT2D eigenvalue weighted by Crippen LogP contribution is 2.54. The fraction of sp³-hybridized carbons (Fsp3) is 0.440. The van der Waals surface area contributed by atoms with E-state index in [0.29, 0.717) is 17.0 Å². The fourth-order valence-corrected chi connectivity index (χ4v) is 7.04. The largest absolute Gasteiger partial charge is 0.353 e. The van der Waals surface area contributed by atoms with Crippen LogP contribution in [0.25, 0.3) is 5.00 Å². The summed E-state index contributed by atoms with van der Waals surface area (Å²) in [7, 11) is 0. The summed E-state index contributed by atoms with van der Waals surface area (Å²) in [5.41, 5.74) is 3.91. The average Bonchev–Trinajstić information content (AvgIpc) is 3.56. The second-order valence-corrected chi connectivity index (χ2v) is 11.5. The second kappa shape index (κ2) is 6.76. The Morgan fingerprint density at radius 1 is 1.24 bits per heavy atom. The first-order valence-corrected chi connectivity index (χ1v) is 12.9. The van der Waals surface area contributed by atoms with Gasteiger partial charge in [0, 0.05) is 33.0 Å². The predicted octanol–water partition coefficient (Wildman–Crippen LogP) is 4.37. The highest BCUT2D eigenvalue weighted by atomic mass is 35.5. The Labute approximate surface area is 201 Å². The highest BCUT2D eigenvalue weighted by molar-refractivity contribution is 7.15. The molecule has 2 aromatic heterocycles. The summed E-state index contributed by atoms with van der Waals surface area (Å²) in [6, 6.07) is 8.30. The second-order valence-electron chi connectivity index (χ2n) is 10.00. The van der Waals surface area contributed by atoms with Gasteiger partial charge in [-0.25, -0.2) is 0 Å². The quantitative estimate of drug-likeness (QED) is 0.608. The van der Waals surface area contributed by atoms with Crippen LogP contribution in [0.1, 0.15) is 59.4 Å². The molecule has 0 bridgehead atoms. The van der Waals surface area contributed by atoms with E-state index in [2.05, 4.69) is 33.1 Å². The van der Waals surface area contributed by atoms with Gasteiger partial charge in [-0.3, -0.25) is 14.4 Å². The summed E-state index contributed by atoms with van der Waals surface area (Å²) in [6.07, 6.45) is 4.52. The van der Waals surface area contributed by atoms with Crippen molar-refractivity contribution in [1.82, 2.24) is 20.1 Å². The zero-order valence-corrected chi connectivity index (χ0v) is 20.1. The van der Waals surface area contributed by atoms with Gasteiger partial charge >= 0.3 is 0 Å². The lowest BCUT2D eigenvalue weighted by Gasteiger charge is -2.14. The lowest BCUT2D eigenvalue weighted by atomic mass is 9.97. The molecule has 1 N–H and O–H groups in total. The first-order chi connectivity index (χ1) is 15.9. The van der Waals surface area contributed by atoms with E-state index in [0.717, 1.165) is 65.6 Å². The maximum atomic E-state index is 13.0. The molecule has 1 amide bonds. The van der Waals surface area contributed by atoms with Crippen LogP contribution in [0.15, 0.2) is 29.3 Å².